The van der Waals surface area contributed by atoms with Gasteiger partial charge in [0, 0.05) is 4.57 Å². The number of rotatable bonds is 9. The largest absolute Gasteiger partial charge is 0.697 e. The molecule has 25 heavy (non-hydrogen) atoms. The van der Waals surface area contributed by atoms with Gasteiger partial charge in [-0.2, -0.15) is 0 Å². The Morgan fingerprint density at radius 1 is 1.04 bits per heavy atom. The molecule has 1 amide bonds. The van der Waals surface area contributed by atoms with Gasteiger partial charge in [0.25, 0.3) is 0 Å². The highest BCUT2D eigenvalue weighted by Crippen LogP contribution is 2.22. The van der Waals surface area contributed by atoms with Crippen molar-refractivity contribution in [2.24, 2.45) is 0 Å². The maximum atomic E-state index is 12.0. The minimum absolute atomic E-state index is 0.0539. The summed E-state index contributed by atoms with van der Waals surface area (Å²) in [5.41, 5.74) is 1.92. The molecular weight excluding hydrogens is 341 g/mol. The summed E-state index contributed by atoms with van der Waals surface area (Å²) in [6.45, 7) is 0.232. The van der Waals surface area contributed by atoms with Crippen molar-refractivity contribution in [2.45, 2.75) is 19.1 Å². The Bertz CT molecular complexity index is 666. The van der Waals surface area contributed by atoms with Gasteiger partial charge in [0.1, 0.15) is 13.2 Å². The minimum Gasteiger partial charge on any atom is -0.445 e. The van der Waals surface area contributed by atoms with Crippen molar-refractivity contribution in [3.05, 3.63) is 71.8 Å². The molecule has 1 N–H and O–H groups in total. The molecule has 0 fully saturated rings. The van der Waals surface area contributed by atoms with Crippen LogP contribution in [-0.2, 0) is 31.4 Å². The summed E-state index contributed by atoms with van der Waals surface area (Å²) >= 11 is 0. The highest BCUT2D eigenvalue weighted by atomic mass is 31.1. The van der Waals surface area contributed by atoms with Crippen LogP contribution in [0, 0.1) is 0 Å². The summed E-state index contributed by atoms with van der Waals surface area (Å²) in [7, 11) is -0.899. The highest BCUT2D eigenvalue weighted by molar-refractivity contribution is 7.33. The molecule has 0 aliphatic heterocycles. The van der Waals surface area contributed by atoms with Crippen molar-refractivity contribution in [3.8, 4) is 0 Å². The van der Waals surface area contributed by atoms with Crippen molar-refractivity contribution in [3.63, 3.8) is 0 Å². The zero-order valence-electron chi connectivity index (χ0n) is 14.0. The van der Waals surface area contributed by atoms with E-state index in [4.69, 9.17) is 9.26 Å². The first-order valence-electron chi connectivity index (χ1n) is 7.83. The number of benzene rings is 2. The van der Waals surface area contributed by atoms with Crippen molar-refractivity contribution in [2.75, 3.05) is 13.7 Å². The van der Waals surface area contributed by atoms with Gasteiger partial charge in [-0.05, 0) is 17.5 Å². The van der Waals surface area contributed by atoms with Gasteiger partial charge < -0.3 is 10.1 Å². The molecule has 0 radical (unpaired) electrons. The Balaban J connectivity index is 1.89. The first-order valence-corrected chi connectivity index (χ1v) is 8.92. The number of alkyl carbamates (subject to hydrolysis) is 1. The molecule has 132 valence electrons. The number of carbonyl (C=O) groups excluding carboxylic acids is 1. The maximum Gasteiger partial charge on any atom is 0.697 e. The van der Waals surface area contributed by atoms with Gasteiger partial charge >= 0.3 is 14.3 Å². The number of nitrogens with one attached hydrogen (secondary N) is 1. The molecule has 0 spiro atoms. The molecule has 2 aromatic rings. The van der Waals surface area contributed by atoms with E-state index in [0.29, 0.717) is 6.42 Å². The molecule has 2 aromatic carbocycles. The summed E-state index contributed by atoms with van der Waals surface area (Å²) in [6.07, 6.45) is -0.0326. The minimum atomic E-state index is -2.20. The van der Waals surface area contributed by atoms with E-state index >= 15 is 0 Å². The van der Waals surface area contributed by atoms with Gasteiger partial charge in [-0.25, -0.2) is 4.79 Å². The fourth-order valence-electron chi connectivity index (χ4n) is 2.19. The van der Waals surface area contributed by atoms with Crippen molar-refractivity contribution in [1.29, 1.82) is 0 Å². The third kappa shape index (κ3) is 7.44. The van der Waals surface area contributed by atoms with Crippen LogP contribution in [0.4, 0.5) is 4.79 Å². The van der Waals surface area contributed by atoms with E-state index in [2.05, 4.69) is 9.84 Å². The van der Waals surface area contributed by atoms with Crippen LogP contribution in [0.25, 0.3) is 0 Å². The molecule has 2 unspecified atom stereocenters. The number of amides is 1. The molecule has 0 aliphatic rings. The Hall–Kier alpha value is -2.27. The van der Waals surface area contributed by atoms with E-state index in [1.54, 1.807) is 0 Å². The second-order valence-corrected chi connectivity index (χ2v) is 6.37. The predicted octanol–water partition coefficient (Wildman–Crippen LogP) is 3.84. The third-order valence-electron chi connectivity index (χ3n) is 3.39. The summed E-state index contributed by atoms with van der Waals surface area (Å²) < 4.78 is 26.3. The smallest absolute Gasteiger partial charge is 0.445 e. The van der Waals surface area contributed by atoms with E-state index in [1.807, 2.05) is 60.7 Å². The van der Waals surface area contributed by atoms with Crippen molar-refractivity contribution in [1.82, 2.24) is 5.32 Å². The number of hydrogen-bond donors (Lipinski definition) is 1. The fourth-order valence-corrected chi connectivity index (χ4v) is 2.59. The summed E-state index contributed by atoms with van der Waals surface area (Å²) in [4.78, 5) is 12.0. The summed E-state index contributed by atoms with van der Waals surface area (Å²) in [6, 6.07) is 18.6. The van der Waals surface area contributed by atoms with Crippen LogP contribution in [0.15, 0.2) is 60.7 Å². The fraction of sp³-hybridized carbons (Fsp3) is 0.278. The summed E-state index contributed by atoms with van der Waals surface area (Å²) in [5.74, 6) is 0. The molecule has 7 heteroatoms. The zero-order chi connectivity index (χ0) is 17.9. The second-order valence-electron chi connectivity index (χ2n) is 5.29. The number of ether oxygens (including phenoxy) is 1. The van der Waals surface area contributed by atoms with E-state index in [-0.39, 0.29) is 19.3 Å². The van der Waals surface area contributed by atoms with Crippen molar-refractivity contribution >= 4 is 14.3 Å². The van der Waals surface area contributed by atoms with E-state index in [1.165, 1.54) is 7.11 Å². The molecule has 2 atom stereocenters. The monoisotopic (exact) mass is 362 g/mol. The lowest BCUT2D eigenvalue weighted by atomic mass is 10.1. The molecule has 0 bridgehead atoms. The lowest BCUT2D eigenvalue weighted by molar-refractivity contribution is 0.129. The van der Waals surface area contributed by atoms with Crippen LogP contribution >= 0.6 is 8.25 Å². The van der Waals surface area contributed by atoms with Gasteiger partial charge in [0.2, 0.25) is 0 Å². The lowest BCUT2D eigenvalue weighted by Gasteiger charge is -2.16. The predicted molar refractivity (Wildman–Crippen MR) is 94.3 cm³/mol. The van der Waals surface area contributed by atoms with Gasteiger partial charge in [-0.1, -0.05) is 60.7 Å². The Kier molecular flexibility index (Phi) is 8.05. The zero-order valence-corrected chi connectivity index (χ0v) is 14.9. The van der Waals surface area contributed by atoms with Crippen LogP contribution in [0.5, 0.6) is 0 Å². The van der Waals surface area contributed by atoms with Crippen LogP contribution in [0.3, 0.4) is 0 Å². The van der Waals surface area contributed by atoms with Crippen molar-refractivity contribution < 1.29 is 23.1 Å². The standard InChI is InChI=1S/C18H20NO5P/c1-22-25(21)24-14-17(12-15-8-4-2-5-9-15)19-18(20)23-13-16-10-6-3-7-11-16/h2-11,17H,12-14H2,1H3/p+1. The van der Waals surface area contributed by atoms with Crippen LogP contribution in [-0.4, -0.2) is 25.9 Å². The van der Waals surface area contributed by atoms with Crippen LogP contribution < -0.4 is 5.32 Å². The number of carbonyl (C=O) groups is 1. The SMILES string of the molecule is CO[P+](=O)OCC(Cc1ccccc1)NC(=O)OCc1ccccc1. The number of hydrogen-bond acceptors (Lipinski definition) is 5. The quantitative estimate of drug-likeness (QED) is 0.686. The average Bonchev–Trinajstić information content (AvgIpc) is 2.66. The lowest BCUT2D eigenvalue weighted by Crippen LogP contribution is -2.39. The first-order chi connectivity index (χ1) is 12.2. The Morgan fingerprint density at radius 2 is 1.64 bits per heavy atom. The molecular formula is C18H21NO5P+. The molecule has 2 rings (SSSR count). The third-order valence-corrected chi connectivity index (χ3v) is 4.05. The topological polar surface area (TPSA) is 73.9 Å². The van der Waals surface area contributed by atoms with Gasteiger partial charge in [0.15, 0.2) is 0 Å². The molecule has 0 saturated heterocycles. The molecule has 6 nitrogen and oxygen atoms in total. The Labute approximate surface area is 148 Å². The second kappa shape index (κ2) is 10.6. The molecule has 0 saturated carbocycles. The maximum absolute atomic E-state index is 12.0. The van der Waals surface area contributed by atoms with E-state index in [9.17, 15) is 9.36 Å². The summed E-state index contributed by atoms with van der Waals surface area (Å²) in [5, 5.41) is 2.74. The molecule has 0 heterocycles. The van der Waals surface area contributed by atoms with Crippen LogP contribution in [0.1, 0.15) is 11.1 Å². The van der Waals surface area contributed by atoms with Crippen LogP contribution in [0.2, 0.25) is 0 Å². The van der Waals surface area contributed by atoms with E-state index in [0.717, 1.165) is 11.1 Å². The molecule has 0 aromatic heterocycles. The Morgan fingerprint density at radius 3 is 2.24 bits per heavy atom. The van der Waals surface area contributed by atoms with Gasteiger partial charge in [0.05, 0.1) is 13.2 Å². The first kappa shape index (κ1) is 19.1. The average molecular weight is 362 g/mol. The highest BCUT2D eigenvalue weighted by Gasteiger charge is 2.23. The normalized spacial score (nSPS) is 12.3. The van der Waals surface area contributed by atoms with Gasteiger partial charge in [-0.3, -0.25) is 0 Å². The van der Waals surface area contributed by atoms with E-state index < -0.39 is 14.3 Å². The van der Waals surface area contributed by atoms with Gasteiger partial charge in [-0.15, -0.1) is 9.05 Å². The molecule has 0 aliphatic carbocycles.